The van der Waals surface area contributed by atoms with E-state index in [1.807, 2.05) is 0 Å². The largest absolute Gasteiger partial charge is 0.455 e. The quantitative estimate of drug-likeness (QED) is 0.167. The van der Waals surface area contributed by atoms with E-state index in [-0.39, 0.29) is 0 Å². The topological polar surface area (TPSA) is 13.1 Å². The van der Waals surface area contributed by atoms with Crippen LogP contribution in [-0.2, 0) is 0 Å². The molecule has 0 spiro atoms. The van der Waals surface area contributed by atoms with E-state index < -0.39 is 0 Å². The molecule has 10 aromatic carbocycles. The maximum atomic E-state index is 7.07. The molecule has 0 radical (unpaired) electrons. The Bertz CT molecular complexity index is 3190. The van der Waals surface area contributed by atoms with Crippen LogP contribution in [0.15, 0.2) is 186 Å². The van der Waals surface area contributed by atoms with E-state index in [0.717, 1.165) is 33.1 Å². The molecule has 0 aliphatic heterocycles. The molecular weight excluding hydrogens is 665 g/mol. The molecule has 11 aromatic rings. The molecule has 0 N–H and O–H groups in total. The minimum absolute atomic E-state index is 0.890. The van der Waals surface area contributed by atoms with Crippen LogP contribution in [-0.4, -0.2) is 0 Å². The highest BCUT2D eigenvalue weighted by Crippen LogP contribution is 2.49. The lowest BCUT2D eigenvalue weighted by atomic mass is 9.83. The fourth-order valence-corrected chi connectivity index (χ4v) is 9.40. The molecule has 0 saturated heterocycles. The van der Waals surface area contributed by atoms with Gasteiger partial charge in [0.2, 0.25) is 0 Å². The van der Waals surface area contributed by atoms with E-state index in [1.54, 1.807) is 0 Å². The van der Waals surface area contributed by atoms with Crippen molar-refractivity contribution in [3.63, 3.8) is 0 Å². The molecule has 55 heavy (non-hydrogen) atoms. The second-order valence-electron chi connectivity index (χ2n) is 14.8. The van der Waals surface area contributed by atoms with Gasteiger partial charge < -0.3 is 4.42 Å². The van der Waals surface area contributed by atoms with Crippen LogP contribution >= 0.6 is 0 Å². The van der Waals surface area contributed by atoms with Crippen LogP contribution in [0, 0.1) is 13.8 Å². The molecule has 258 valence electrons. The van der Waals surface area contributed by atoms with Gasteiger partial charge in [0, 0.05) is 21.9 Å². The molecule has 0 amide bonds. The number of aryl methyl sites for hydroxylation is 2. The minimum atomic E-state index is 0.890. The van der Waals surface area contributed by atoms with Gasteiger partial charge in [-0.05, 0) is 114 Å². The monoisotopic (exact) mass is 700 g/mol. The van der Waals surface area contributed by atoms with Crippen molar-refractivity contribution in [2.24, 2.45) is 0 Å². The maximum absolute atomic E-state index is 7.07. The third-order valence-corrected chi connectivity index (χ3v) is 11.7. The predicted molar refractivity (Wildman–Crippen MR) is 235 cm³/mol. The lowest BCUT2D eigenvalue weighted by Gasteiger charge is -2.20. The zero-order chi connectivity index (χ0) is 36.6. The van der Waals surface area contributed by atoms with Crippen molar-refractivity contribution in [2.75, 3.05) is 0 Å². The second kappa shape index (κ2) is 12.3. The van der Waals surface area contributed by atoms with Gasteiger partial charge in [0.25, 0.3) is 0 Å². The Morgan fingerprint density at radius 2 is 0.727 bits per heavy atom. The molecule has 1 heterocycles. The summed E-state index contributed by atoms with van der Waals surface area (Å²) in [4.78, 5) is 0. The molecule has 1 aromatic heterocycles. The summed E-state index contributed by atoms with van der Waals surface area (Å²) in [6.07, 6.45) is 0. The summed E-state index contributed by atoms with van der Waals surface area (Å²) in [6, 6.07) is 66.3. The van der Waals surface area contributed by atoms with Gasteiger partial charge in [-0.25, -0.2) is 0 Å². The van der Waals surface area contributed by atoms with Crippen LogP contribution in [0.3, 0.4) is 0 Å². The number of para-hydroxylation sites is 1. The number of benzene rings is 10. The first-order chi connectivity index (χ1) is 27.2. The number of furan rings is 1. The van der Waals surface area contributed by atoms with Crippen molar-refractivity contribution in [1.29, 1.82) is 0 Å². The Morgan fingerprint density at radius 1 is 0.291 bits per heavy atom. The first kappa shape index (κ1) is 31.6. The smallest absolute Gasteiger partial charge is 0.143 e. The van der Waals surface area contributed by atoms with E-state index in [0.29, 0.717) is 0 Å². The summed E-state index contributed by atoms with van der Waals surface area (Å²) in [6.45, 7) is 4.46. The van der Waals surface area contributed by atoms with Gasteiger partial charge in [-0.1, -0.05) is 170 Å². The van der Waals surface area contributed by atoms with Crippen LogP contribution in [0.25, 0.3) is 110 Å². The van der Waals surface area contributed by atoms with Crippen LogP contribution < -0.4 is 0 Å². The number of fused-ring (bicyclic) bond motifs is 7. The van der Waals surface area contributed by atoms with Gasteiger partial charge in [-0.3, -0.25) is 0 Å². The highest BCUT2D eigenvalue weighted by Gasteiger charge is 2.22. The molecule has 0 atom stereocenters. The normalized spacial score (nSPS) is 11.8. The second-order valence-corrected chi connectivity index (χ2v) is 14.8. The lowest BCUT2D eigenvalue weighted by Crippen LogP contribution is -1.94. The van der Waals surface area contributed by atoms with E-state index in [4.69, 9.17) is 4.42 Å². The van der Waals surface area contributed by atoms with Crippen molar-refractivity contribution in [3.05, 3.63) is 193 Å². The Kier molecular flexibility index (Phi) is 7.06. The van der Waals surface area contributed by atoms with Gasteiger partial charge in [0.15, 0.2) is 0 Å². The molecule has 11 rings (SSSR count). The van der Waals surface area contributed by atoms with Crippen molar-refractivity contribution < 1.29 is 4.42 Å². The van der Waals surface area contributed by atoms with Crippen molar-refractivity contribution in [3.8, 4) is 44.5 Å². The Balaban J connectivity index is 1.18. The highest BCUT2D eigenvalue weighted by molar-refractivity contribution is 6.25. The molecule has 1 heteroatoms. The molecular formula is C54H36O. The fraction of sp³-hybridized carbons (Fsp3) is 0.0370. The van der Waals surface area contributed by atoms with E-state index >= 15 is 0 Å². The fourth-order valence-electron chi connectivity index (χ4n) is 9.40. The van der Waals surface area contributed by atoms with Crippen LogP contribution in [0.5, 0.6) is 0 Å². The first-order valence-electron chi connectivity index (χ1n) is 19.1. The summed E-state index contributed by atoms with van der Waals surface area (Å²) in [5.41, 5.74) is 14.2. The SMILES string of the molecule is Cc1cccc(C)c1-c1c2ccccc2c(-c2cccc3c2oc2cc(-c4c5ccccc5c(-c5ccccc5)c5ccccc45)ccc23)c2ccccc12. The van der Waals surface area contributed by atoms with Crippen molar-refractivity contribution in [1.82, 2.24) is 0 Å². The van der Waals surface area contributed by atoms with Gasteiger partial charge in [0.05, 0.1) is 0 Å². The number of hydrogen-bond donors (Lipinski definition) is 0. The zero-order valence-corrected chi connectivity index (χ0v) is 30.7. The van der Waals surface area contributed by atoms with E-state index in [2.05, 4.69) is 196 Å². The average Bonchev–Trinajstić information content (AvgIpc) is 3.61. The molecule has 0 unspecified atom stereocenters. The Labute approximate surface area is 319 Å². The molecule has 0 saturated carbocycles. The predicted octanol–water partition coefficient (Wildman–Crippen LogP) is 15.5. The van der Waals surface area contributed by atoms with Crippen molar-refractivity contribution >= 4 is 65.0 Å². The molecule has 0 fully saturated rings. The summed E-state index contributed by atoms with van der Waals surface area (Å²) in [5.74, 6) is 0. The molecule has 0 bridgehead atoms. The Morgan fingerprint density at radius 3 is 1.27 bits per heavy atom. The van der Waals surface area contributed by atoms with Gasteiger partial charge in [0.1, 0.15) is 11.2 Å². The minimum Gasteiger partial charge on any atom is -0.455 e. The summed E-state index contributed by atoms with van der Waals surface area (Å²) < 4.78 is 7.07. The van der Waals surface area contributed by atoms with Gasteiger partial charge in [-0.2, -0.15) is 0 Å². The van der Waals surface area contributed by atoms with Gasteiger partial charge in [-0.15, -0.1) is 0 Å². The third kappa shape index (κ3) is 4.73. The van der Waals surface area contributed by atoms with E-state index in [1.165, 1.54) is 87.6 Å². The lowest BCUT2D eigenvalue weighted by molar-refractivity contribution is 0.670. The summed E-state index contributed by atoms with van der Waals surface area (Å²) in [7, 11) is 0. The Hall–Kier alpha value is -6.96. The standard InChI is InChI=1S/C54H36O/c1-33-16-14-17-34(2)49(33)53-44-26-12-10-24-42(44)52(43-25-11-13-27-45(43)53)47-29-15-28-46-37-31-30-36(32-48(37)55-54(46)47)51-40-22-8-6-20-38(40)50(35-18-4-3-5-19-35)39-21-7-9-23-41(39)51/h3-32H,1-2H3. The first-order valence-corrected chi connectivity index (χ1v) is 19.1. The molecule has 1 nitrogen and oxygen atoms in total. The average molecular weight is 701 g/mol. The van der Waals surface area contributed by atoms with Gasteiger partial charge >= 0.3 is 0 Å². The summed E-state index contributed by atoms with van der Waals surface area (Å²) >= 11 is 0. The highest BCUT2D eigenvalue weighted by atomic mass is 16.3. The van der Waals surface area contributed by atoms with Crippen LogP contribution in [0.2, 0.25) is 0 Å². The third-order valence-electron chi connectivity index (χ3n) is 11.7. The van der Waals surface area contributed by atoms with Crippen LogP contribution in [0.1, 0.15) is 11.1 Å². The molecule has 0 aliphatic carbocycles. The maximum Gasteiger partial charge on any atom is 0.143 e. The summed E-state index contributed by atoms with van der Waals surface area (Å²) in [5, 5.41) is 12.2. The number of hydrogen-bond acceptors (Lipinski definition) is 1. The van der Waals surface area contributed by atoms with Crippen LogP contribution in [0.4, 0.5) is 0 Å². The van der Waals surface area contributed by atoms with E-state index in [9.17, 15) is 0 Å². The number of rotatable bonds is 4. The molecule has 0 aliphatic rings. The van der Waals surface area contributed by atoms with Crippen molar-refractivity contribution in [2.45, 2.75) is 13.8 Å². The zero-order valence-electron chi connectivity index (χ0n) is 30.7.